The fraction of sp³-hybridized carbons (Fsp3) is 0.414. The lowest BCUT2D eigenvalue weighted by Crippen LogP contribution is -2.15. The zero-order chi connectivity index (χ0) is 22.3. The Bertz CT molecular complexity index is 956. The lowest BCUT2D eigenvalue weighted by Gasteiger charge is -2.28. The van der Waals surface area contributed by atoms with Crippen LogP contribution in [-0.2, 0) is 17.6 Å². The van der Waals surface area contributed by atoms with Gasteiger partial charge in [0.15, 0.2) is 0 Å². The first-order valence-corrected chi connectivity index (χ1v) is 11.4. The number of methoxy groups -OCH3 is 1. The zero-order valence-electron chi connectivity index (χ0n) is 19.8. The molecule has 1 aromatic heterocycles. The summed E-state index contributed by atoms with van der Waals surface area (Å²) in [5.74, 6) is 0.482. The van der Waals surface area contributed by atoms with Gasteiger partial charge >= 0.3 is 0 Å². The van der Waals surface area contributed by atoms with E-state index in [1.54, 1.807) is 7.11 Å². The smallest absolute Gasteiger partial charge is 0.0465 e. The summed E-state index contributed by atoms with van der Waals surface area (Å²) in [6.45, 7) is 10.1. The Labute approximate surface area is 188 Å². The maximum Gasteiger partial charge on any atom is 0.0465 e. The molecule has 0 bridgehead atoms. The van der Waals surface area contributed by atoms with Crippen LogP contribution in [0.25, 0.3) is 11.1 Å². The standard InChI is InChI=1S/C29H37NO/c1-22-18-25(28-13-7-6-11-24(28)12-9-17-31-5)14-15-27(22)26(20-29(2,3)4)19-23-10-8-16-30-21-23/h6-8,10-11,13-16,18,21,26H,9,12,17,19-20H2,1-5H3. The number of aromatic nitrogens is 1. The number of ether oxygens (including phenoxy) is 1. The van der Waals surface area contributed by atoms with Gasteiger partial charge in [0.25, 0.3) is 0 Å². The van der Waals surface area contributed by atoms with Gasteiger partial charge in [0, 0.05) is 26.1 Å². The summed E-state index contributed by atoms with van der Waals surface area (Å²) in [4.78, 5) is 4.34. The van der Waals surface area contributed by atoms with E-state index in [1.165, 1.54) is 33.4 Å². The highest BCUT2D eigenvalue weighted by atomic mass is 16.5. The molecule has 31 heavy (non-hydrogen) atoms. The molecule has 2 nitrogen and oxygen atoms in total. The van der Waals surface area contributed by atoms with Gasteiger partial charge in [-0.05, 0) is 83.4 Å². The minimum Gasteiger partial charge on any atom is -0.385 e. The molecule has 164 valence electrons. The lowest BCUT2D eigenvalue weighted by atomic mass is 9.77. The number of pyridine rings is 1. The van der Waals surface area contributed by atoms with E-state index in [2.05, 4.69) is 81.2 Å². The van der Waals surface area contributed by atoms with Gasteiger partial charge in [-0.15, -0.1) is 0 Å². The van der Waals surface area contributed by atoms with Gasteiger partial charge in [-0.2, -0.15) is 0 Å². The molecular weight excluding hydrogens is 378 g/mol. The second-order valence-corrected chi connectivity index (χ2v) is 9.85. The Hall–Kier alpha value is -2.45. The second kappa shape index (κ2) is 10.7. The number of rotatable bonds is 9. The van der Waals surface area contributed by atoms with Crippen LogP contribution in [-0.4, -0.2) is 18.7 Å². The van der Waals surface area contributed by atoms with Crippen molar-refractivity contribution in [3.63, 3.8) is 0 Å². The average Bonchev–Trinajstić information content (AvgIpc) is 2.73. The lowest BCUT2D eigenvalue weighted by molar-refractivity contribution is 0.195. The maximum atomic E-state index is 5.25. The van der Waals surface area contributed by atoms with Crippen molar-refractivity contribution >= 4 is 0 Å². The summed E-state index contributed by atoms with van der Waals surface area (Å²) in [6.07, 6.45) is 8.12. The first-order chi connectivity index (χ1) is 14.9. The fourth-order valence-electron chi connectivity index (χ4n) is 4.56. The molecule has 0 fully saturated rings. The van der Waals surface area contributed by atoms with E-state index in [1.807, 2.05) is 18.5 Å². The predicted octanol–water partition coefficient (Wildman–Crippen LogP) is 7.40. The van der Waals surface area contributed by atoms with E-state index in [0.29, 0.717) is 5.92 Å². The van der Waals surface area contributed by atoms with E-state index in [9.17, 15) is 0 Å². The predicted molar refractivity (Wildman–Crippen MR) is 132 cm³/mol. The van der Waals surface area contributed by atoms with E-state index < -0.39 is 0 Å². The summed E-state index contributed by atoms with van der Waals surface area (Å²) in [7, 11) is 1.77. The maximum absolute atomic E-state index is 5.25. The first kappa shape index (κ1) is 23.2. The number of benzene rings is 2. The van der Waals surface area contributed by atoms with Crippen LogP contribution >= 0.6 is 0 Å². The van der Waals surface area contributed by atoms with Crippen LogP contribution in [0.4, 0.5) is 0 Å². The molecule has 0 spiro atoms. The fourth-order valence-corrected chi connectivity index (χ4v) is 4.56. The minimum absolute atomic E-state index is 0.270. The highest BCUT2D eigenvalue weighted by Crippen LogP contribution is 2.37. The normalized spacial score (nSPS) is 12.7. The molecule has 1 atom stereocenters. The topological polar surface area (TPSA) is 22.1 Å². The Morgan fingerprint density at radius 2 is 1.81 bits per heavy atom. The third kappa shape index (κ3) is 6.77. The minimum atomic E-state index is 0.270. The van der Waals surface area contributed by atoms with E-state index in [-0.39, 0.29) is 5.41 Å². The van der Waals surface area contributed by atoms with Gasteiger partial charge in [-0.1, -0.05) is 69.3 Å². The number of hydrogen-bond donors (Lipinski definition) is 0. The van der Waals surface area contributed by atoms with Crippen LogP contribution in [0.15, 0.2) is 67.0 Å². The quantitative estimate of drug-likeness (QED) is 0.340. The van der Waals surface area contributed by atoms with Gasteiger partial charge < -0.3 is 4.74 Å². The van der Waals surface area contributed by atoms with Crippen molar-refractivity contribution in [1.29, 1.82) is 0 Å². The van der Waals surface area contributed by atoms with Crippen molar-refractivity contribution < 1.29 is 4.74 Å². The summed E-state index contributed by atoms with van der Waals surface area (Å²) < 4.78 is 5.25. The first-order valence-electron chi connectivity index (χ1n) is 11.4. The Balaban J connectivity index is 1.90. The van der Waals surface area contributed by atoms with Crippen molar-refractivity contribution in [3.05, 3.63) is 89.2 Å². The van der Waals surface area contributed by atoms with Gasteiger partial charge in [0.2, 0.25) is 0 Å². The molecule has 3 rings (SSSR count). The summed E-state index contributed by atoms with van der Waals surface area (Å²) in [5.41, 5.74) is 8.46. The second-order valence-electron chi connectivity index (χ2n) is 9.85. The molecule has 1 unspecified atom stereocenters. The summed E-state index contributed by atoms with van der Waals surface area (Å²) in [6, 6.07) is 20.1. The molecule has 0 aliphatic rings. The van der Waals surface area contributed by atoms with Crippen LogP contribution in [0, 0.1) is 12.3 Å². The zero-order valence-corrected chi connectivity index (χ0v) is 19.8. The number of aryl methyl sites for hydroxylation is 2. The molecule has 0 radical (unpaired) electrons. The third-order valence-corrected chi connectivity index (χ3v) is 5.90. The van der Waals surface area contributed by atoms with Crippen molar-refractivity contribution in [1.82, 2.24) is 4.98 Å². The average molecular weight is 416 g/mol. The third-order valence-electron chi connectivity index (χ3n) is 5.90. The molecular formula is C29H37NO. The molecule has 0 saturated heterocycles. The molecule has 1 heterocycles. The van der Waals surface area contributed by atoms with E-state index in [0.717, 1.165) is 32.3 Å². The molecule has 0 aliphatic heterocycles. The van der Waals surface area contributed by atoms with Gasteiger partial charge in [-0.3, -0.25) is 4.98 Å². The Kier molecular flexibility index (Phi) is 8.03. The molecule has 0 N–H and O–H groups in total. The highest BCUT2D eigenvalue weighted by molar-refractivity contribution is 5.68. The van der Waals surface area contributed by atoms with Crippen LogP contribution in [0.3, 0.4) is 0 Å². The molecule has 0 saturated carbocycles. The largest absolute Gasteiger partial charge is 0.385 e. The molecule has 2 aromatic carbocycles. The molecule has 0 amide bonds. The van der Waals surface area contributed by atoms with E-state index in [4.69, 9.17) is 4.74 Å². The summed E-state index contributed by atoms with van der Waals surface area (Å²) in [5, 5.41) is 0. The highest BCUT2D eigenvalue weighted by Gasteiger charge is 2.22. The van der Waals surface area contributed by atoms with Crippen LogP contribution in [0.2, 0.25) is 0 Å². The van der Waals surface area contributed by atoms with Crippen molar-refractivity contribution in [3.8, 4) is 11.1 Å². The SMILES string of the molecule is COCCCc1ccccc1-c1ccc(C(Cc2cccnc2)CC(C)(C)C)c(C)c1. The van der Waals surface area contributed by atoms with Gasteiger partial charge in [-0.25, -0.2) is 0 Å². The molecule has 3 aromatic rings. The van der Waals surface area contributed by atoms with Crippen LogP contribution < -0.4 is 0 Å². The van der Waals surface area contributed by atoms with Gasteiger partial charge in [0.05, 0.1) is 0 Å². The number of hydrogen-bond acceptors (Lipinski definition) is 2. The van der Waals surface area contributed by atoms with Crippen molar-refractivity contribution in [2.24, 2.45) is 5.41 Å². The van der Waals surface area contributed by atoms with Crippen molar-refractivity contribution in [2.75, 3.05) is 13.7 Å². The van der Waals surface area contributed by atoms with Gasteiger partial charge in [0.1, 0.15) is 0 Å². The van der Waals surface area contributed by atoms with Crippen LogP contribution in [0.1, 0.15) is 61.8 Å². The van der Waals surface area contributed by atoms with Crippen molar-refractivity contribution in [2.45, 2.75) is 59.3 Å². The molecule has 0 aliphatic carbocycles. The van der Waals surface area contributed by atoms with E-state index >= 15 is 0 Å². The monoisotopic (exact) mass is 415 g/mol. The molecule has 2 heteroatoms. The summed E-state index contributed by atoms with van der Waals surface area (Å²) >= 11 is 0. The van der Waals surface area contributed by atoms with Crippen LogP contribution in [0.5, 0.6) is 0 Å². The number of nitrogens with zero attached hydrogens (tertiary/aromatic N) is 1. The Morgan fingerprint density at radius 1 is 1.00 bits per heavy atom. The Morgan fingerprint density at radius 3 is 2.48 bits per heavy atom.